The van der Waals surface area contributed by atoms with Gasteiger partial charge in [-0.05, 0) is 27.8 Å². The summed E-state index contributed by atoms with van der Waals surface area (Å²) in [5.41, 5.74) is 3.55. The van der Waals surface area contributed by atoms with E-state index in [1.54, 1.807) is 0 Å². The van der Waals surface area contributed by atoms with E-state index in [4.69, 9.17) is 21.1 Å². The van der Waals surface area contributed by atoms with Crippen LogP contribution in [0.3, 0.4) is 0 Å². The van der Waals surface area contributed by atoms with Crippen molar-refractivity contribution in [2.24, 2.45) is 0 Å². The Morgan fingerprint density at radius 3 is 2.32 bits per heavy atom. The minimum Gasteiger partial charge on any atom is -0.490 e. The lowest BCUT2D eigenvalue weighted by Crippen LogP contribution is -2.16. The second-order valence-corrected chi connectivity index (χ2v) is 6.00. The third kappa shape index (κ3) is 1.91. The van der Waals surface area contributed by atoms with Gasteiger partial charge in [0.25, 0.3) is 0 Å². The molecule has 19 heavy (non-hydrogen) atoms. The SMILES string of the molecule is CNC(C)c1c2c(c(Cl)c3c1OC(C)C3)OC(C)C2. The molecule has 2 aliphatic rings. The Kier molecular flexibility index (Phi) is 3.14. The van der Waals surface area contributed by atoms with Gasteiger partial charge >= 0.3 is 0 Å². The zero-order chi connectivity index (χ0) is 13.7. The fourth-order valence-electron chi connectivity index (χ4n) is 3.10. The van der Waals surface area contributed by atoms with Crippen LogP contribution in [0, 0.1) is 0 Å². The fourth-order valence-corrected chi connectivity index (χ4v) is 3.42. The van der Waals surface area contributed by atoms with Gasteiger partial charge in [0, 0.05) is 35.6 Å². The van der Waals surface area contributed by atoms with Crippen molar-refractivity contribution in [2.45, 2.75) is 51.9 Å². The number of nitrogens with one attached hydrogen (secondary N) is 1. The van der Waals surface area contributed by atoms with Crippen molar-refractivity contribution in [3.8, 4) is 11.5 Å². The van der Waals surface area contributed by atoms with Gasteiger partial charge in [0.05, 0.1) is 5.02 Å². The van der Waals surface area contributed by atoms with E-state index in [2.05, 4.69) is 26.1 Å². The molecule has 0 fully saturated rings. The van der Waals surface area contributed by atoms with Gasteiger partial charge < -0.3 is 14.8 Å². The molecular weight excluding hydrogens is 262 g/mol. The summed E-state index contributed by atoms with van der Waals surface area (Å²) in [5, 5.41) is 4.07. The van der Waals surface area contributed by atoms with Gasteiger partial charge in [-0.25, -0.2) is 0 Å². The molecule has 1 aromatic rings. The largest absolute Gasteiger partial charge is 0.490 e. The van der Waals surface area contributed by atoms with Crippen LogP contribution >= 0.6 is 11.6 Å². The van der Waals surface area contributed by atoms with Crippen molar-refractivity contribution in [2.75, 3.05) is 7.05 Å². The molecule has 3 unspecified atom stereocenters. The molecule has 0 saturated heterocycles. The maximum Gasteiger partial charge on any atom is 0.142 e. The minimum atomic E-state index is 0.190. The van der Waals surface area contributed by atoms with Gasteiger partial charge in [0.1, 0.15) is 23.7 Å². The number of halogens is 1. The summed E-state index contributed by atoms with van der Waals surface area (Å²) < 4.78 is 11.9. The quantitative estimate of drug-likeness (QED) is 0.902. The fraction of sp³-hybridized carbons (Fsp3) is 0.600. The smallest absolute Gasteiger partial charge is 0.142 e. The zero-order valence-electron chi connectivity index (χ0n) is 11.8. The molecule has 104 valence electrons. The minimum absolute atomic E-state index is 0.190. The van der Waals surface area contributed by atoms with E-state index in [-0.39, 0.29) is 18.2 Å². The molecule has 3 rings (SSSR count). The lowest BCUT2D eigenvalue weighted by molar-refractivity contribution is 0.250. The van der Waals surface area contributed by atoms with Crippen LogP contribution in [0.1, 0.15) is 43.5 Å². The molecule has 0 spiro atoms. The first kappa shape index (κ1) is 13.1. The van der Waals surface area contributed by atoms with Gasteiger partial charge in [0.2, 0.25) is 0 Å². The van der Waals surface area contributed by atoms with Crippen molar-refractivity contribution in [3.63, 3.8) is 0 Å². The second-order valence-electron chi connectivity index (χ2n) is 5.62. The Morgan fingerprint density at radius 2 is 1.68 bits per heavy atom. The average molecular weight is 282 g/mol. The molecular formula is C15H20ClNO2. The number of hydrogen-bond donors (Lipinski definition) is 1. The molecule has 4 heteroatoms. The molecule has 0 radical (unpaired) electrons. The van der Waals surface area contributed by atoms with Gasteiger partial charge in [-0.3, -0.25) is 0 Å². The van der Waals surface area contributed by atoms with Gasteiger partial charge in [-0.15, -0.1) is 0 Å². The molecule has 1 N–H and O–H groups in total. The average Bonchev–Trinajstić information content (AvgIpc) is 2.92. The monoisotopic (exact) mass is 281 g/mol. The molecule has 0 aliphatic carbocycles. The lowest BCUT2D eigenvalue weighted by Gasteiger charge is -2.19. The first-order valence-electron chi connectivity index (χ1n) is 6.90. The zero-order valence-corrected chi connectivity index (χ0v) is 12.6. The van der Waals surface area contributed by atoms with Crippen LogP contribution < -0.4 is 14.8 Å². The summed E-state index contributed by atoms with van der Waals surface area (Å²) in [6.45, 7) is 6.32. The van der Waals surface area contributed by atoms with E-state index < -0.39 is 0 Å². The molecule has 0 bridgehead atoms. The third-order valence-electron chi connectivity index (χ3n) is 4.07. The van der Waals surface area contributed by atoms with Crippen molar-refractivity contribution >= 4 is 11.6 Å². The maximum atomic E-state index is 6.52. The summed E-state index contributed by atoms with van der Waals surface area (Å²) in [6.07, 6.45) is 2.15. The van der Waals surface area contributed by atoms with Crippen molar-refractivity contribution < 1.29 is 9.47 Å². The molecule has 1 aromatic carbocycles. The topological polar surface area (TPSA) is 30.5 Å². The molecule has 2 heterocycles. The highest BCUT2D eigenvalue weighted by molar-refractivity contribution is 6.33. The van der Waals surface area contributed by atoms with Crippen LogP contribution in [0.15, 0.2) is 0 Å². The molecule has 0 aromatic heterocycles. The molecule has 0 saturated carbocycles. The van der Waals surface area contributed by atoms with Crippen molar-refractivity contribution in [1.82, 2.24) is 5.32 Å². The van der Waals surface area contributed by atoms with E-state index in [1.807, 2.05) is 7.05 Å². The Morgan fingerprint density at radius 1 is 1.11 bits per heavy atom. The van der Waals surface area contributed by atoms with Gasteiger partial charge in [-0.2, -0.15) is 0 Å². The highest BCUT2D eigenvalue weighted by atomic mass is 35.5. The maximum absolute atomic E-state index is 6.52. The van der Waals surface area contributed by atoms with Crippen LogP contribution in [0.25, 0.3) is 0 Å². The van der Waals surface area contributed by atoms with E-state index in [0.29, 0.717) is 0 Å². The summed E-state index contributed by atoms with van der Waals surface area (Å²) in [4.78, 5) is 0. The van der Waals surface area contributed by atoms with E-state index in [9.17, 15) is 0 Å². The van der Waals surface area contributed by atoms with Crippen molar-refractivity contribution in [1.29, 1.82) is 0 Å². The Labute approximate surface area is 119 Å². The van der Waals surface area contributed by atoms with Gasteiger partial charge in [0.15, 0.2) is 0 Å². The molecule has 0 amide bonds. The number of benzene rings is 1. The molecule has 3 nitrogen and oxygen atoms in total. The Balaban J connectivity index is 2.23. The number of ether oxygens (including phenoxy) is 2. The van der Waals surface area contributed by atoms with E-state index in [0.717, 1.165) is 34.9 Å². The lowest BCUT2D eigenvalue weighted by atomic mass is 9.93. The summed E-state index contributed by atoms with van der Waals surface area (Å²) in [7, 11) is 1.97. The summed E-state index contributed by atoms with van der Waals surface area (Å²) in [5.74, 6) is 1.86. The normalized spacial score (nSPS) is 25.5. The first-order chi connectivity index (χ1) is 9.02. The molecule has 3 atom stereocenters. The highest BCUT2D eigenvalue weighted by Crippen LogP contribution is 2.50. The summed E-state index contributed by atoms with van der Waals surface area (Å²) in [6, 6.07) is 0.235. The van der Waals surface area contributed by atoms with E-state index in [1.165, 1.54) is 11.1 Å². The van der Waals surface area contributed by atoms with Crippen LogP contribution in [0.2, 0.25) is 5.02 Å². The van der Waals surface area contributed by atoms with Crippen molar-refractivity contribution in [3.05, 3.63) is 21.7 Å². The van der Waals surface area contributed by atoms with Gasteiger partial charge in [-0.1, -0.05) is 11.6 Å². The Hall–Kier alpha value is -0.930. The predicted octanol–water partition coefficient (Wildman–Crippen LogP) is 3.27. The van der Waals surface area contributed by atoms with Crippen LogP contribution in [-0.2, 0) is 12.8 Å². The third-order valence-corrected chi connectivity index (χ3v) is 4.47. The number of hydrogen-bond acceptors (Lipinski definition) is 3. The number of fused-ring (bicyclic) bond motifs is 2. The first-order valence-corrected chi connectivity index (χ1v) is 7.28. The second kappa shape index (κ2) is 4.57. The highest BCUT2D eigenvalue weighted by Gasteiger charge is 2.36. The van der Waals surface area contributed by atoms with E-state index >= 15 is 0 Å². The van der Waals surface area contributed by atoms with Crippen LogP contribution in [0.4, 0.5) is 0 Å². The summed E-state index contributed by atoms with van der Waals surface area (Å²) >= 11 is 6.52. The predicted molar refractivity (Wildman–Crippen MR) is 76.5 cm³/mol. The molecule has 2 aliphatic heterocycles. The Bertz CT molecular complexity index is 490. The number of rotatable bonds is 2. The van der Waals surface area contributed by atoms with Crippen LogP contribution in [-0.4, -0.2) is 19.3 Å². The standard InChI is InChI=1S/C15H20ClNO2/c1-7-5-10-12(9(3)17-4)14-11(6-8(2)18-14)13(16)15(10)19-7/h7-9,17H,5-6H2,1-4H3. The van der Waals surface area contributed by atoms with Crippen LogP contribution in [0.5, 0.6) is 11.5 Å².